The van der Waals surface area contributed by atoms with E-state index in [9.17, 15) is 0 Å². The fourth-order valence-corrected chi connectivity index (χ4v) is 0.999. The van der Waals surface area contributed by atoms with Gasteiger partial charge in [0.05, 0.1) is 0 Å². The molecule has 11 heavy (non-hydrogen) atoms. The predicted molar refractivity (Wildman–Crippen MR) is 43.5 cm³/mol. The standard InChI is InChI=1S/C9H11NO/c10-8-6-9(8)11-7-4-2-1-3-5-7/h1-5,8-9H,6,10H2. The summed E-state index contributed by atoms with van der Waals surface area (Å²) in [7, 11) is 0. The molecule has 0 saturated heterocycles. The van der Waals surface area contributed by atoms with E-state index >= 15 is 0 Å². The van der Waals surface area contributed by atoms with Gasteiger partial charge in [-0.05, 0) is 12.1 Å². The van der Waals surface area contributed by atoms with Gasteiger partial charge >= 0.3 is 0 Å². The zero-order chi connectivity index (χ0) is 7.68. The quantitative estimate of drug-likeness (QED) is 0.685. The summed E-state index contributed by atoms with van der Waals surface area (Å²) >= 11 is 0. The topological polar surface area (TPSA) is 35.2 Å². The Kier molecular flexibility index (Phi) is 1.55. The van der Waals surface area contributed by atoms with Crippen LogP contribution in [0.15, 0.2) is 30.3 Å². The van der Waals surface area contributed by atoms with Crippen LogP contribution in [0.3, 0.4) is 0 Å². The zero-order valence-electron chi connectivity index (χ0n) is 6.23. The Balaban J connectivity index is 1.97. The first kappa shape index (κ1) is 6.68. The number of hydrogen-bond acceptors (Lipinski definition) is 2. The second kappa shape index (κ2) is 2.55. The van der Waals surface area contributed by atoms with Crippen LogP contribution in [-0.4, -0.2) is 12.1 Å². The van der Waals surface area contributed by atoms with E-state index in [0.29, 0.717) is 0 Å². The first-order valence-corrected chi connectivity index (χ1v) is 3.83. The van der Waals surface area contributed by atoms with Gasteiger partial charge in [0.15, 0.2) is 0 Å². The second-order valence-electron chi connectivity index (χ2n) is 2.87. The molecule has 2 rings (SSSR count). The predicted octanol–water partition coefficient (Wildman–Crippen LogP) is 1.16. The third kappa shape index (κ3) is 1.52. The Labute approximate surface area is 66.0 Å². The minimum Gasteiger partial charge on any atom is -0.489 e. The molecule has 2 unspecified atom stereocenters. The summed E-state index contributed by atoms with van der Waals surface area (Å²) in [6.07, 6.45) is 1.26. The molecule has 2 atom stereocenters. The first-order valence-electron chi connectivity index (χ1n) is 3.83. The molecule has 0 heterocycles. The van der Waals surface area contributed by atoms with Gasteiger partial charge in [0.1, 0.15) is 11.9 Å². The molecule has 0 bridgehead atoms. The molecular formula is C9H11NO. The highest BCUT2D eigenvalue weighted by atomic mass is 16.5. The number of para-hydroxylation sites is 1. The van der Waals surface area contributed by atoms with Gasteiger partial charge in [0.2, 0.25) is 0 Å². The summed E-state index contributed by atoms with van der Waals surface area (Å²) in [5.41, 5.74) is 5.59. The fraction of sp³-hybridized carbons (Fsp3) is 0.333. The maximum atomic E-state index is 5.59. The van der Waals surface area contributed by atoms with Crippen LogP contribution in [-0.2, 0) is 0 Å². The van der Waals surface area contributed by atoms with E-state index in [1.54, 1.807) is 0 Å². The third-order valence-corrected chi connectivity index (χ3v) is 1.81. The average molecular weight is 149 g/mol. The van der Waals surface area contributed by atoms with E-state index in [1.807, 2.05) is 30.3 Å². The van der Waals surface area contributed by atoms with Gasteiger partial charge in [0, 0.05) is 12.5 Å². The van der Waals surface area contributed by atoms with Crippen LogP contribution in [0.25, 0.3) is 0 Å². The molecular weight excluding hydrogens is 138 g/mol. The molecule has 1 saturated carbocycles. The molecule has 0 amide bonds. The molecule has 1 fully saturated rings. The van der Waals surface area contributed by atoms with Crippen LogP contribution in [0.2, 0.25) is 0 Å². The highest BCUT2D eigenvalue weighted by molar-refractivity contribution is 5.22. The summed E-state index contributed by atoms with van der Waals surface area (Å²) in [6.45, 7) is 0. The fourth-order valence-electron chi connectivity index (χ4n) is 0.999. The molecule has 1 aromatic rings. The maximum absolute atomic E-state index is 5.59. The van der Waals surface area contributed by atoms with Gasteiger partial charge in [-0.3, -0.25) is 0 Å². The number of hydrogen-bond donors (Lipinski definition) is 1. The van der Waals surface area contributed by atoms with Crippen LogP contribution < -0.4 is 10.5 Å². The largest absolute Gasteiger partial charge is 0.489 e. The van der Waals surface area contributed by atoms with E-state index < -0.39 is 0 Å². The number of ether oxygens (including phenoxy) is 1. The first-order chi connectivity index (χ1) is 5.36. The van der Waals surface area contributed by atoms with Crippen LogP contribution in [0.1, 0.15) is 6.42 Å². The molecule has 0 aromatic heterocycles. The van der Waals surface area contributed by atoms with Crippen molar-refractivity contribution in [3.05, 3.63) is 30.3 Å². The molecule has 1 aliphatic carbocycles. The van der Waals surface area contributed by atoms with Gasteiger partial charge in [-0.1, -0.05) is 18.2 Å². The molecule has 2 nitrogen and oxygen atoms in total. The summed E-state index contributed by atoms with van der Waals surface area (Å²) in [5.74, 6) is 0.922. The van der Waals surface area contributed by atoms with Crippen molar-refractivity contribution in [2.24, 2.45) is 5.73 Å². The van der Waals surface area contributed by atoms with Crippen molar-refractivity contribution in [1.82, 2.24) is 0 Å². The lowest BCUT2D eigenvalue weighted by Gasteiger charge is -2.02. The molecule has 0 spiro atoms. The minimum atomic E-state index is 0.259. The smallest absolute Gasteiger partial charge is 0.119 e. The zero-order valence-corrected chi connectivity index (χ0v) is 6.23. The molecule has 0 aliphatic heterocycles. The second-order valence-corrected chi connectivity index (χ2v) is 2.87. The minimum absolute atomic E-state index is 0.259. The maximum Gasteiger partial charge on any atom is 0.119 e. The lowest BCUT2D eigenvalue weighted by molar-refractivity contribution is 0.296. The van der Waals surface area contributed by atoms with Crippen molar-refractivity contribution in [2.45, 2.75) is 18.6 Å². The molecule has 1 aromatic carbocycles. The summed E-state index contributed by atoms with van der Waals surface area (Å²) < 4.78 is 5.51. The van der Waals surface area contributed by atoms with Gasteiger partial charge < -0.3 is 10.5 Å². The van der Waals surface area contributed by atoms with E-state index in [0.717, 1.165) is 12.2 Å². The summed E-state index contributed by atoms with van der Waals surface area (Å²) in [4.78, 5) is 0. The molecule has 2 N–H and O–H groups in total. The van der Waals surface area contributed by atoms with Crippen LogP contribution in [0.4, 0.5) is 0 Å². The van der Waals surface area contributed by atoms with Crippen molar-refractivity contribution in [3.63, 3.8) is 0 Å². The van der Waals surface area contributed by atoms with E-state index in [2.05, 4.69) is 0 Å². The normalized spacial score (nSPS) is 28.1. The Bertz CT molecular complexity index is 235. The number of benzene rings is 1. The molecule has 2 heteroatoms. The molecule has 0 radical (unpaired) electrons. The van der Waals surface area contributed by atoms with Crippen molar-refractivity contribution in [2.75, 3.05) is 0 Å². The van der Waals surface area contributed by atoms with Crippen molar-refractivity contribution in [1.29, 1.82) is 0 Å². The average Bonchev–Trinajstić information content (AvgIpc) is 2.69. The number of rotatable bonds is 2. The Morgan fingerprint density at radius 3 is 2.45 bits per heavy atom. The van der Waals surface area contributed by atoms with Gasteiger partial charge in [0.25, 0.3) is 0 Å². The van der Waals surface area contributed by atoms with E-state index in [4.69, 9.17) is 10.5 Å². The van der Waals surface area contributed by atoms with Crippen molar-refractivity contribution in [3.8, 4) is 5.75 Å². The van der Waals surface area contributed by atoms with E-state index in [1.165, 1.54) is 0 Å². The van der Waals surface area contributed by atoms with Gasteiger partial charge in [-0.25, -0.2) is 0 Å². The van der Waals surface area contributed by atoms with Gasteiger partial charge in [-0.2, -0.15) is 0 Å². The lowest BCUT2D eigenvalue weighted by Crippen LogP contribution is -2.10. The van der Waals surface area contributed by atoms with Gasteiger partial charge in [-0.15, -0.1) is 0 Å². The highest BCUT2D eigenvalue weighted by Crippen LogP contribution is 2.25. The summed E-state index contributed by atoms with van der Waals surface area (Å²) in [6, 6.07) is 10.1. The molecule has 58 valence electrons. The van der Waals surface area contributed by atoms with E-state index in [-0.39, 0.29) is 12.1 Å². The van der Waals surface area contributed by atoms with Crippen molar-refractivity contribution < 1.29 is 4.74 Å². The monoisotopic (exact) mass is 149 g/mol. The third-order valence-electron chi connectivity index (χ3n) is 1.81. The Hall–Kier alpha value is -1.02. The van der Waals surface area contributed by atoms with Crippen LogP contribution in [0, 0.1) is 0 Å². The Morgan fingerprint density at radius 1 is 1.27 bits per heavy atom. The van der Waals surface area contributed by atoms with Crippen LogP contribution in [0.5, 0.6) is 5.75 Å². The SMILES string of the molecule is NC1CC1Oc1ccccc1. The summed E-state index contributed by atoms with van der Waals surface area (Å²) in [5, 5.41) is 0. The highest BCUT2D eigenvalue weighted by Gasteiger charge is 2.35. The Morgan fingerprint density at radius 2 is 1.91 bits per heavy atom. The number of nitrogens with two attached hydrogens (primary N) is 1. The van der Waals surface area contributed by atoms with Crippen molar-refractivity contribution >= 4 is 0 Å². The van der Waals surface area contributed by atoms with Crippen LogP contribution >= 0.6 is 0 Å². The molecule has 1 aliphatic rings. The lowest BCUT2D eigenvalue weighted by atomic mass is 10.3.